The molecule has 0 heterocycles. The van der Waals surface area contributed by atoms with Crippen molar-refractivity contribution >= 4 is 5.91 Å². The maximum absolute atomic E-state index is 13.5. The number of halogens is 1. The van der Waals surface area contributed by atoms with Crippen LogP contribution in [-0.4, -0.2) is 24.1 Å². The van der Waals surface area contributed by atoms with Crippen LogP contribution in [-0.2, 0) is 24.6 Å². The van der Waals surface area contributed by atoms with Crippen LogP contribution in [0.15, 0.2) is 84.9 Å². The molecule has 0 saturated carbocycles. The third-order valence-corrected chi connectivity index (χ3v) is 6.36. The quantitative estimate of drug-likeness (QED) is 0.200. The minimum absolute atomic E-state index is 0.0746. The number of amides is 1. The van der Waals surface area contributed by atoms with Crippen LogP contribution in [0.2, 0.25) is 0 Å². The van der Waals surface area contributed by atoms with Gasteiger partial charge in [-0.1, -0.05) is 60.7 Å². The van der Waals surface area contributed by atoms with E-state index in [9.17, 15) is 14.3 Å². The lowest BCUT2D eigenvalue weighted by Gasteiger charge is -2.16. The Kier molecular flexibility index (Phi) is 9.53. The molecule has 4 aromatic rings. The minimum atomic E-state index is -0.676. The Labute approximate surface area is 228 Å². The Morgan fingerprint density at radius 2 is 1.69 bits per heavy atom. The number of phenols is 1. The molecule has 0 spiro atoms. The van der Waals surface area contributed by atoms with E-state index in [2.05, 4.69) is 41.8 Å². The lowest BCUT2D eigenvalue weighted by molar-refractivity contribution is -0.118. The summed E-state index contributed by atoms with van der Waals surface area (Å²) >= 11 is 0. The maximum atomic E-state index is 13.5. The van der Waals surface area contributed by atoms with Crippen molar-refractivity contribution in [1.29, 1.82) is 0 Å². The van der Waals surface area contributed by atoms with Gasteiger partial charge in [0.05, 0.1) is 0 Å². The van der Waals surface area contributed by atoms with Crippen LogP contribution in [0.4, 0.5) is 4.39 Å². The molecule has 7 heteroatoms. The summed E-state index contributed by atoms with van der Waals surface area (Å²) in [5.74, 6) is 0.0944. The van der Waals surface area contributed by atoms with Gasteiger partial charge in [0.2, 0.25) is 5.91 Å². The lowest BCUT2D eigenvalue weighted by atomic mass is 9.97. The first-order valence-corrected chi connectivity index (χ1v) is 12.9. The average molecular weight is 529 g/mol. The molecule has 0 saturated heterocycles. The predicted molar refractivity (Wildman–Crippen MR) is 150 cm³/mol. The van der Waals surface area contributed by atoms with Crippen LogP contribution < -0.4 is 20.1 Å². The second-order valence-electron chi connectivity index (χ2n) is 9.25. The SMILES string of the molecule is CC(=O)NCCNCc1ccc(OCc2cccc(-c3ccccc3)c2C)cc1OCc1ccc(F)c(O)c1. The molecule has 4 aromatic carbocycles. The fourth-order valence-corrected chi connectivity index (χ4v) is 4.20. The summed E-state index contributed by atoms with van der Waals surface area (Å²) in [4.78, 5) is 11.1. The number of phenolic OH excluding ortho intramolecular Hbond substituents is 1. The maximum Gasteiger partial charge on any atom is 0.216 e. The third-order valence-electron chi connectivity index (χ3n) is 6.36. The van der Waals surface area contributed by atoms with Crippen LogP contribution in [0.3, 0.4) is 0 Å². The zero-order valence-electron chi connectivity index (χ0n) is 22.2. The number of hydrogen-bond acceptors (Lipinski definition) is 5. The van der Waals surface area contributed by atoms with Gasteiger partial charge in [-0.3, -0.25) is 4.79 Å². The van der Waals surface area contributed by atoms with Gasteiger partial charge in [-0.2, -0.15) is 0 Å². The summed E-state index contributed by atoms with van der Waals surface area (Å²) in [6.45, 7) is 5.76. The first-order valence-electron chi connectivity index (χ1n) is 12.9. The van der Waals surface area contributed by atoms with Gasteiger partial charge in [-0.05, 0) is 52.9 Å². The Bertz CT molecular complexity index is 1410. The normalized spacial score (nSPS) is 10.7. The molecule has 0 radical (unpaired) electrons. The van der Waals surface area contributed by atoms with Crippen molar-refractivity contribution < 1.29 is 23.8 Å². The van der Waals surface area contributed by atoms with Crippen molar-refractivity contribution in [1.82, 2.24) is 10.6 Å². The number of carbonyl (C=O) groups is 1. The molecule has 0 atom stereocenters. The molecule has 1 amide bonds. The highest BCUT2D eigenvalue weighted by Crippen LogP contribution is 2.29. The Morgan fingerprint density at radius 3 is 2.46 bits per heavy atom. The van der Waals surface area contributed by atoms with E-state index in [4.69, 9.17) is 9.47 Å². The molecule has 0 aliphatic carbocycles. The topological polar surface area (TPSA) is 79.8 Å². The molecule has 0 fully saturated rings. The average Bonchev–Trinajstić information content (AvgIpc) is 2.94. The Balaban J connectivity index is 1.48. The van der Waals surface area contributed by atoms with Crippen LogP contribution in [0, 0.1) is 12.7 Å². The smallest absolute Gasteiger partial charge is 0.216 e. The van der Waals surface area contributed by atoms with Crippen molar-refractivity contribution in [2.45, 2.75) is 33.6 Å². The molecule has 39 heavy (non-hydrogen) atoms. The molecule has 0 bridgehead atoms. The number of nitrogens with one attached hydrogen (secondary N) is 2. The molecule has 0 aromatic heterocycles. The standard InChI is InChI=1S/C32H33FN2O4/c1-22-27(9-6-10-29(22)25-7-4-3-5-8-25)21-38-28-13-12-26(19-34-15-16-35-23(2)36)32(18-28)39-20-24-11-14-30(33)31(37)17-24/h3-14,17-18,34,37H,15-16,19-21H2,1-2H3,(H,35,36). The summed E-state index contributed by atoms with van der Waals surface area (Å²) < 4.78 is 25.7. The Morgan fingerprint density at radius 1 is 0.872 bits per heavy atom. The zero-order valence-corrected chi connectivity index (χ0v) is 22.2. The summed E-state index contributed by atoms with van der Waals surface area (Å²) in [5.41, 5.74) is 6.12. The van der Waals surface area contributed by atoms with Crippen LogP contribution >= 0.6 is 0 Å². The second kappa shape index (κ2) is 13.4. The molecule has 202 valence electrons. The highest BCUT2D eigenvalue weighted by Gasteiger charge is 2.11. The van der Waals surface area contributed by atoms with E-state index in [0.29, 0.717) is 43.3 Å². The van der Waals surface area contributed by atoms with Crippen molar-refractivity contribution in [2.24, 2.45) is 0 Å². The number of aromatic hydroxyl groups is 1. The highest BCUT2D eigenvalue weighted by molar-refractivity contribution is 5.72. The van der Waals surface area contributed by atoms with Gasteiger partial charge in [0, 0.05) is 38.2 Å². The van der Waals surface area contributed by atoms with E-state index >= 15 is 0 Å². The Hall–Kier alpha value is -4.36. The summed E-state index contributed by atoms with van der Waals surface area (Å²) in [5, 5.41) is 15.8. The molecule has 0 aliphatic heterocycles. The van der Waals surface area contributed by atoms with E-state index in [-0.39, 0.29) is 12.5 Å². The van der Waals surface area contributed by atoms with Gasteiger partial charge < -0.3 is 25.2 Å². The molecule has 0 aliphatic rings. The first kappa shape index (κ1) is 27.7. The summed E-state index contributed by atoms with van der Waals surface area (Å²) in [6, 6.07) is 26.3. The molecule has 3 N–H and O–H groups in total. The summed E-state index contributed by atoms with van der Waals surface area (Å²) in [7, 11) is 0. The lowest BCUT2D eigenvalue weighted by Crippen LogP contribution is -2.30. The molecular weight excluding hydrogens is 495 g/mol. The van der Waals surface area contributed by atoms with Gasteiger partial charge in [0.1, 0.15) is 24.7 Å². The van der Waals surface area contributed by atoms with Gasteiger partial charge in [-0.25, -0.2) is 4.39 Å². The van der Waals surface area contributed by atoms with Crippen molar-refractivity contribution in [3.63, 3.8) is 0 Å². The van der Waals surface area contributed by atoms with Crippen LogP contribution in [0.5, 0.6) is 17.2 Å². The zero-order chi connectivity index (χ0) is 27.6. The van der Waals surface area contributed by atoms with Crippen molar-refractivity contribution in [3.8, 4) is 28.4 Å². The largest absolute Gasteiger partial charge is 0.505 e. The van der Waals surface area contributed by atoms with E-state index in [0.717, 1.165) is 22.3 Å². The molecule has 6 nitrogen and oxygen atoms in total. The van der Waals surface area contributed by atoms with E-state index in [1.54, 1.807) is 6.07 Å². The number of hydrogen-bond donors (Lipinski definition) is 3. The van der Waals surface area contributed by atoms with Gasteiger partial charge in [0.15, 0.2) is 11.6 Å². The monoisotopic (exact) mass is 528 g/mol. The molecule has 4 rings (SSSR count). The molecule has 0 unspecified atom stereocenters. The number of carbonyl (C=O) groups excluding carboxylic acids is 1. The van der Waals surface area contributed by atoms with Crippen LogP contribution in [0.25, 0.3) is 11.1 Å². The highest BCUT2D eigenvalue weighted by atomic mass is 19.1. The predicted octanol–water partition coefficient (Wildman–Crippen LogP) is 5.89. The fraction of sp³-hybridized carbons (Fsp3) is 0.219. The first-order chi connectivity index (χ1) is 18.9. The van der Waals surface area contributed by atoms with Gasteiger partial charge in [0.25, 0.3) is 0 Å². The number of rotatable bonds is 12. The van der Waals surface area contributed by atoms with Crippen molar-refractivity contribution in [3.05, 3.63) is 113 Å². The van der Waals surface area contributed by atoms with Crippen molar-refractivity contribution in [2.75, 3.05) is 13.1 Å². The molecular formula is C32H33FN2O4. The van der Waals surface area contributed by atoms with Gasteiger partial charge in [-0.15, -0.1) is 0 Å². The summed E-state index contributed by atoms with van der Waals surface area (Å²) in [6.07, 6.45) is 0. The fourth-order valence-electron chi connectivity index (χ4n) is 4.20. The van der Waals surface area contributed by atoms with Crippen LogP contribution in [0.1, 0.15) is 29.2 Å². The number of benzene rings is 4. The minimum Gasteiger partial charge on any atom is -0.505 e. The van der Waals surface area contributed by atoms with Gasteiger partial charge >= 0.3 is 0 Å². The third kappa shape index (κ3) is 7.82. The van der Waals surface area contributed by atoms with E-state index in [1.165, 1.54) is 24.6 Å². The second-order valence-corrected chi connectivity index (χ2v) is 9.25. The number of ether oxygens (including phenoxy) is 2. The van der Waals surface area contributed by atoms with E-state index in [1.807, 2.05) is 42.5 Å². The van der Waals surface area contributed by atoms with E-state index < -0.39 is 11.6 Å².